The molecule has 0 fully saturated rings. The van der Waals surface area contributed by atoms with Gasteiger partial charge in [-0.25, -0.2) is 4.98 Å². The third-order valence-corrected chi connectivity index (χ3v) is 3.35. The van der Waals surface area contributed by atoms with E-state index in [0.717, 1.165) is 15.7 Å². The number of carbonyl (C=O) groups excluding carboxylic acids is 1. The van der Waals surface area contributed by atoms with Gasteiger partial charge in [-0.15, -0.1) is 0 Å². The van der Waals surface area contributed by atoms with E-state index in [2.05, 4.69) is 31.5 Å². The van der Waals surface area contributed by atoms with E-state index in [1.54, 1.807) is 25.4 Å². The molecule has 19 heavy (non-hydrogen) atoms. The van der Waals surface area contributed by atoms with Gasteiger partial charge in [-0.3, -0.25) is 4.79 Å². The van der Waals surface area contributed by atoms with Crippen molar-refractivity contribution in [2.45, 2.75) is 6.92 Å². The summed E-state index contributed by atoms with van der Waals surface area (Å²) in [6, 6.07) is 9.27. The topological polar surface area (TPSA) is 54.0 Å². The minimum absolute atomic E-state index is 0.191. The third-order valence-electron chi connectivity index (χ3n) is 2.66. The molecule has 2 aromatic rings. The summed E-state index contributed by atoms with van der Waals surface area (Å²) in [5.41, 5.74) is 2.34. The highest BCUT2D eigenvalue weighted by Gasteiger charge is 2.12. The van der Waals surface area contributed by atoms with Gasteiger partial charge in [0.05, 0.1) is 11.3 Å². The number of aryl methyl sites for hydroxylation is 1. The number of benzene rings is 1. The lowest BCUT2D eigenvalue weighted by Crippen LogP contribution is -2.15. The highest BCUT2D eigenvalue weighted by atomic mass is 79.9. The van der Waals surface area contributed by atoms with Gasteiger partial charge in [-0.1, -0.05) is 6.07 Å². The fourth-order valence-electron chi connectivity index (χ4n) is 1.71. The highest BCUT2D eigenvalue weighted by Crippen LogP contribution is 2.24. The normalized spacial score (nSPS) is 10.1. The zero-order valence-corrected chi connectivity index (χ0v) is 12.3. The van der Waals surface area contributed by atoms with Gasteiger partial charge in [-0.05, 0) is 52.7 Å². The number of nitrogens with zero attached hydrogens (tertiary/aromatic N) is 1. The Labute approximate surface area is 120 Å². The van der Waals surface area contributed by atoms with Crippen molar-refractivity contribution in [2.75, 3.05) is 17.7 Å². The predicted octanol–water partition coefficient (Wildman–Crippen LogP) is 3.45. The van der Waals surface area contributed by atoms with Crippen molar-refractivity contribution in [1.82, 2.24) is 4.98 Å². The molecule has 0 atom stereocenters. The fraction of sp³-hybridized carbons (Fsp3) is 0.143. The molecule has 0 aliphatic rings. The number of pyridine rings is 1. The molecule has 0 saturated carbocycles. The number of nitrogens with one attached hydrogen (secondary N) is 2. The molecule has 2 N–H and O–H groups in total. The highest BCUT2D eigenvalue weighted by molar-refractivity contribution is 9.10. The van der Waals surface area contributed by atoms with Crippen LogP contribution >= 0.6 is 15.9 Å². The number of aromatic nitrogens is 1. The second-order valence-electron chi connectivity index (χ2n) is 4.09. The van der Waals surface area contributed by atoms with Crippen LogP contribution in [-0.2, 0) is 0 Å². The lowest BCUT2D eigenvalue weighted by atomic mass is 10.2. The first kappa shape index (κ1) is 13.5. The molecule has 0 radical (unpaired) electrons. The first-order valence-electron chi connectivity index (χ1n) is 5.82. The molecule has 4 nitrogen and oxygen atoms in total. The summed E-state index contributed by atoms with van der Waals surface area (Å²) in [6.07, 6.45) is 1.64. The van der Waals surface area contributed by atoms with Crippen LogP contribution < -0.4 is 10.6 Å². The summed E-state index contributed by atoms with van der Waals surface area (Å²) < 4.78 is 0.848. The zero-order chi connectivity index (χ0) is 13.8. The lowest BCUT2D eigenvalue weighted by Gasteiger charge is -2.10. The quantitative estimate of drug-likeness (QED) is 0.911. The molecular weight excluding hydrogens is 306 g/mol. The maximum absolute atomic E-state index is 12.2. The molecule has 1 heterocycles. The van der Waals surface area contributed by atoms with Crippen molar-refractivity contribution in [3.05, 3.63) is 52.1 Å². The number of hydrogen-bond donors (Lipinski definition) is 2. The van der Waals surface area contributed by atoms with Crippen LogP contribution in [0.3, 0.4) is 0 Å². The Morgan fingerprint density at radius 1 is 1.32 bits per heavy atom. The molecule has 0 aliphatic carbocycles. The van der Waals surface area contributed by atoms with Gasteiger partial charge in [0.1, 0.15) is 5.82 Å². The van der Waals surface area contributed by atoms with Gasteiger partial charge in [0.25, 0.3) is 5.91 Å². The van der Waals surface area contributed by atoms with Crippen LogP contribution in [0.5, 0.6) is 0 Å². The maximum Gasteiger partial charge on any atom is 0.259 e. The molecule has 1 amide bonds. The summed E-state index contributed by atoms with van der Waals surface area (Å²) in [7, 11) is 1.74. The van der Waals surface area contributed by atoms with Gasteiger partial charge in [0, 0.05) is 17.7 Å². The number of hydrogen-bond acceptors (Lipinski definition) is 3. The average Bonchev–Trinajstić information content (AvgIpc) is 2.42. The van der Waals surface area contributed by atoms with Crippen molar-refractivity contribution in [2.24, 2.45) is 0 Å². The molecule has 0 spiro atoms. The summed E-state index contributed by atoms with van der Waals surface area (Å²) >= 11 is 3.42. The third kappa shape index (κ3) is 3.12. The Balaban J connectivity index is 2.28. The van der Waals surface area contributed by atoms with E-state index < -0.39 is 0 Å². The van der Waals surface area contributed by atoms with E-state index in [0.29, 0.717) is 11.4 Å². The Morgan fingerprint density at radius 2 is 2.11 bits per heavy atom. The van der Waals surface area contributed by atoms with Crippen LogP contribution in [-0.4, -0.2) is 17.9 Å². The summed E-state index contributed by atoms with van der Waals surface area (Å²) in [5.74, 6) is 0.368. The van der Waals surface area contributed by atoms with E-state index in [1.807, 2.05) is 25.1 Å². The van der Waals surface area contributed by atoms with E-state index in [-0.39, 0.29) is 5.91 Å². The molecule has 1 aromatic heterocycles. The largest absolute Gasteiger partial charge is 0.372 e. The van der Waals surface area contributed by atoms with E-state index >= 15 is 0 Å². The first-order valence-corrected chi connectivity index (χ1v) is 6.61. The van der Waals surface area contributed by atoms with Crippen molar-refractivity contribution in [1.29, 1.82) is 0 Å². The SMILES string of the molecule is CNc1ncccc1C(=O)Nc1cc(C)ccc1Br. The molecule has 1 aromatic carbocycles. The molecule has 0 bridgehead atoms. The zero-order valence-electron chi connectivity index (χ0n) is 10.7. The van der Waals surface area contributed by atoms with E-state index in [1.165, 1.54) is 0 Å². The fourth-order valence-corrected chi connectivity index (χ4v) is 2.06. The number of halogens is 1. The van der Waals surface area contributed by atoms with Crippen molar-refractivity contribution in [3.63, 3.8) is 0 Å². The number of anilines is 2. The van der Waals surface area contributed by atoms with E-state index in [9.17, 15) is 4.79 Å². The Hall–Kier alpha value is -1.88. The number of carbonyl (C=O) groups is 1. The standard InChI is InChI=1S/C14H14BrN3O/c1-9-5-6-11(15)12(8-9)18-14(19)10-4-3-7-17-13(10)16-2/h3-8H,1-2H3,(H,16,17)(H,18,19). The van der Waals surface area contributed by atoms with Crippen LogP contribution in [0.1, 0.15) is 15.9 Å². The van der Waals surface area contributed by atoms with Crippen LogP contribution in [0.4, 0.5) is 11.5 Å². The molecular formula is C14H14BrN3O. The molecule has 0 saturated heterocycles. The summed E-state index contributed by atoms with van der Waals surface area (Å²) in [5, 5.41) is 5.78. The minimum Gasteiger partial charge on any atom is -0.372 e. The molecule has 5 heteroatoms. The van der Waals surface area contributed by atoms with Crippen LogP contribution in [0.2, 0.25) is 0 Å². The first-order chi connectivity index (χ1) is 9.11. The predicted molar refractivity (Wildman–Crippen MR) is 80.6 cm³/mol. The Morgan fingerprint density at radius 3 is 2.84 bits per heavy atom. The second kappa shape index (κ2) is 5.84. The van der Waals surface area contributed by atoms with Crippen molar-refractivity contribution >= 4 is 33.3 Å². The summed E-state index contributed by atoms with van der Waals surface area (Å²) in [6.45, 7) is 1.98. The maximum atomic E-state index is 12.2. The van der Waals surface area contributed by atoms with Gasteiger partial charge in [-0.2, -0.15) is 0 Å². The van der Waals surface area contributed by atoms with Gasteiger partial charge >= 0.3 is 0 Å². The lowest BCUT2D eigenvalue weighted by molar-refractivity contribution is 0.102. The van der Waals surface area contributed by atoms with Crippen LogP contribution in [0.25, 0.3) is 0 Å². The smallest absolute Gasteiger partial charge is 0.259 e. The number of rotatable bonds is 3. The van der Waals surface area contributed by atoms with Crippen LogP contribution in [0, 0.1) is 6.92 Å². The molecule has 2 rings (SSSR count). The van der Waals surface area contributed by atoms with Gasteiger partial charge < -0.3 is 10.6 Å². The molecule has 0 aliphatic heterocycles. The summed E-state index contributed by atoms with van der Waals surface area (Å²) in [4.78, 5) is 16.4. The Bertz CT molecular complexity index is 613. The van der Waals surface area contributed by atoms with Crippen molar-refractivity contribution in [3.8, 4) is 0 Å². The van der Waals surface area contributed by atoms with E-state index in [4.69, 9.17) is 0 Å². The monoisotopic (exact) mass is 319 g/mol. The Kier molecular flexibility index (Phi) is 4.16. The number of amides is 1. The molecule has 0 unspecified atom stereocenters. The minimum atomic E-state index is -0.191. The second-order valence-corrected chi connectivity index (χ2v) is 4.94. The van der Waals surface area contributed by atoms with Crippen LogP contribution in [0.15, 0.2) is 41.0 Å². The van der Waals surface area contributed by atoms with Gasteiger partial charge in [0.2, 0.25) is 0 Å². The molecule has 98 valence electrons. The van der Waals surface area contributed by atoms with Crippen molar-refractivity contribution < 1.29 is 4.79 Å². The van der Waals surface area contributed by atoms with Gasteiger partial charge in [0.15, 0.2) is 0 Å². The average molecular weight is 320 g/mol.